The van der Waals surface area contributed by atoms with Crippen LogP contribution in [-0.2, 0) is 0 Å². The topological polar surface area (TPSA) is 64.3 Å². The fourth-order valence-corrected chi connectivity index (χ4v) is 2.77. The standard InChI is InChI=1S/C15H18N2O2S/c1-9-4-7-14(20-9)10(2)17-15(18)12-8-11(19-3)5-6-13(12)16/h4-8,10H,16H2,1-3H3,(H,17,18). The number of hydrogen-bond acceptors (Lipinski definition) is 4. The van der Waals surface area contributed by atoms with Gasteiger partial charge in [0.2, 0.25) is 0 Å². The van der Waals surface area contributed by atoms with Crippen molar-refractivity contribution in [3.63, 3.8) is 0 Å². The van der Waals surface area contributed by atoms with Crippen LogP contribution in [0.2, 0.25) is 0 Å². The molecule has 106 valence electrons. The smallest absolute Gasteiger partial charge is 0.254 e. The summed E-state index contributed by atoms with van der Waals surface area (Å²) >= 11 is 1.67. The quantitative estimate of drug-likeness (QED) is 0.850. The van der Waals surface area contributed by atoms with E-state index in [-0.39, 0.29) is 11.9 Å². The van der Waals surface area contributed by atoms with E-state index in [0.717, 1.165) is 4.88 Å². The lowest BCUT2D eigenvalue weighted by Crippen LogP contribution is -2.26. The SMILES string of the molecule is COc1ccc(N)c(C(=O)NC(C)c2ccc(C)s2)c1. The van der Waals surface area contributed by atoms with E-state index >= 15 is 0 Å². The minimum Gasteiger partial charge on any atom is -0.497 e. The summed E-state index contributed by atoms with van der Waals surface area (Å²) in [4.78, 5) is 14.6. The van der Waals surface area contributed by atoms with E-state index in [0.29, 0.717) is 17.0 Å². The van der Waals surface area contributed by atoms with Crippen LogP contribution in [0.25, 0.3) is 0 Å². The molecule has 20 heavy (non-hydrogen) atoms. The highest BCUT2D eigenvalue weighted by Crippen LogP contribution is 2.24. The van der Waals surface area contributed by atoms with Gasteiger partial charge in [0.05, 0.1) is 18.7 Å². The number of methoxy groups -OCH3 is 1. The second-order valence-electron chi connectivity index (χ2n) is 4.60. The molecule has 0 aliphatic carbocycles. The fourth-order valence-electron chi connectivity index (χ4n) is 1.89. The number of nitrogens with two attached hydrogens (primary N) is 1. The van der Waals surface area contributed by atoms with Crippen LogP contribution in [0.5, 0.6) is 5.75 Å². The predicted octanol–water partition coefficient (Wildman–Crippen LogP) is 3.14. The van der Waals surface area contributed by atoms with Gasteiger partial charge in [-0.05, 0) is 44.2 Å². The third kappa shape index (κ3) is 3.11. The number of thiophene rings is 1. The Hall–Kier alpha value is -2.01. The van der Waals surface area contributed by atoms with Gasteiger partial charge in [-0.1, -0.05) is 0 Å². The molecule has 4 nitrogen and oxygen atoms in total. The normalized spacial score (nSPS) is 11.9. The van der Waals surface area contributed by atoms with Crippen molar-refractivity contribution >= 4 is 22.9 Å². The molecule has 1 atom stereocenters. The first-order valence-electron chi connectivity index (χ1n) is 6.32. The molecule has 1 aromatic carbocycles. The number of aryl methyl sites for hydroxylation is 1. The average molecular weight is 290 g/mol. The molecular weight excluding hydrogens is 272 g/mol. The molecule has 0 spiro atoms. The van der Waals surface area contributed by atoms with Crippen LogP contribution >= 0.6 is 11.3 Å². The van der Waals surface area contributed by atoms with Crippen molar-refractivity contribution in [2.24, 2.45) is 0 Å². The second kappa shape index (κ2) is 5.96. The van der Waals surface area contributed by atoms with Gasteiger partial charge >= 0.3 is 0 Å². The average Bonchev–Trinajstić information content (AvgIpc) is 2.86. The van der Waals surface area contributed by atoms with Crippen LogP contribution < -0.4 is 15.8 Å². The van der Waals surface area contributed by atoms with E-state index in [1.165, 1.54) is 4.88 Å². The zero-order chi connectivity index (χ0) is 14.7. The van der Waals surface area contributed by atoms with Crippen LogP contribution in [0.3, 0.4) is 0 Å². The number of rotatable bonds is 4. The summed E-state index contributed by atoms with van der Waals surface area (Å²) < 4.78 is 5.12. The number of hydrogen-bond donors (Lipinski definition) is 2. The second-order valence-corrected chi connectivity index (χ2v) is 5.92. The Morgan fingerprint density at radius 3 is 2.70 bits per heavy atom. The van der Waals surface area contributed by atoms with Gasteiger partial charge in [0.15, 0.2) is 0 Å². The Bertz CT molecular complexity index is 622. The minimum absolute atomic E-state index is 0.0493. The van der Waals surface area contributed by atoms with Gasteiger partial charge in [-0.15, -0.1) is 11.3 Å². The predicted molar refractivity (Wildman–Crippen MR) is 82.3 cm³/mol. The van der Waals surface area contributed by atoms with Gasteiger partial charge in [-0.3, -0.25) is 4.79 Å². The van der Waals surface area contributed by atoms with Crippen LogP contribution in [0, 0.1) is 6.92 Å². The summed E-state index contributed by atoms with van der Waals surface area (Å²) in [6.07, 6.45) is 0. The summed E-state index contributed by atoms with van der Waals surface area (Å²) in [6.45, 7) is 4.00. The molecule has 0 radical (unpaired) electrons. The molecule has 0 saturated carbocycles. The zero-order valence-corrected chi connectivity index (χ0v) is 12.6. The molecular formula is C15H18N2O2S. The largest absolute Gasteiger partial charge is 0.497 e. The lowest BCUT2D eigenvalue weighted by atomic mass is 10.1. The number of nitrogen functional groups attached to an aromatic ring is 1. The summed E-state index contributed by atoms with van der Waals surface area (Å²) in [5.41, 5.74) is 6.73. The van der Waals surface area contributed by atoms with Crippen molar-refractivity contribution in [2.45, 2.75) is 19.9 Å². The third-order valence-electron chi connectivity index (χ3n) is 3.04. The van der Waals surface area contributed by atoms with E-state index in [1.807, 2.05) is 26.0 Å². The highest BCUT2D eigenvalue weighted by molar-refractivity contribution is 7.12. The van der Waals surface area contributed by atoms with Crippen molar-refractivity contribution in [1.29, 1.82) is 0 Å². The van der Waals surface area contributed by atoms with E-state index in [2.05, 4.69) is 5.32 Å². The first kappa shape index (κ1) is 14.4. The molecule has 1 unspecified atom stereocenters. The molecule has 0 bridgehead atoms. The van der Waals surface area contributed by atoms with Crippen molar-refractivity contribution in [2.75, 3.05) is 12.8 Å². The van der Waals surface area contributed by atoms with Crippen molar-refractivity contribution < 1.29 is 9.53 Å². The Morgan fingerprint density at radius 1 is 1.35 bits per heavy atom. The molecule has 2 aromatic rings. The van der Waals surface area contributed by atoms with E-state index in [9.17, 15) is 4.79 Å². The van der Waals surface area contributed by atoms with Crippen molar-refractivity contribution in [3.8, 4) is 5.75 Å². The maximum atomic E-state index is 12.3. The Morgan fingerprint density at radius 2 is 2.10 bits per heavy atom. The third-order valence-corrected chi connectivity index (χ3v) is 4.22. The van der Waals surface area contributed by atoms with Crippen molar-refractivity contribution in [1.82, 2.24) is 5.32 Å². The van der Waals surface area contributed by atoms with Gasteiger partial charge in [0, 0.05) is 15.4 Å². The zero-order valence-electron chi connectivity index (χ0n) is 11.8. The number of carbonyl (C=O) groups excluding carboxylic acids is 1. The summed E-state index contributed by atoms with van der Waals surface area (Å²) in [6, 6.07) is 9.08. The molecule has 0 fully saturated rings. The Balaban J connectivity index is 2.15. The van der Waals surface area contributed by atoms with Crippen molar-refractivity contribution in [3.05, 3.63) is 45.6 Å². The lowest BCUT2D eigenvalue weighted by Gasteiger charge is -2.14. The van der Waals surface area contributed by atoms with Gasteiger partial charge in [0.1, 0.15) is 5.75 Å². The maximum absolute atomic E-state index is 12.3. The molecule has 2 rings (SSSR count). The van der Waals surface area contributed by atoms with Gasteiger partial charge in [0.25, 0.3) is 5.91 Å². The lowest BCUT2D eigenvalue weighted by molar-refractivity contribution is 0.0941. The van der Waals surface area contributed by atoms with Gasteiger partial charge in [-0.2, -0.15) is 0 Å². The molecule has 5 heteroatoms. The summed E-state index contributed by atoms with van der Waals surface area (Å²) in [5, 5.41) is 2.95. The van der Waals surface area contributed by atoms with Crippen LogP contribution in [0.15, 0.2) is 30.3 Å². The first-order chi connectivity index (χ1) is 9.51. The van der Waals surface area contributed by atoms with Gasteiger partial charge < -0.3 is 15.8 Å². The van der Waals surface area contributed by atoms with E-state index in [4.69, 9.17) is 10.5 Å². The fraction of sp³-hybridized carbons (Fsp3) is 0.267. The number of ether oxygens (including phenoxy) is 1. The molecule has 0 saturated heterocycles. The number of anilines is 1. The van der Waals surface area contributed by atoms with E-state index in [1.54, 1.807) is 36.6 Å². The first-order valence-corrected chi connectivity index (χ1v) is 7.13. The Kier molecular flexibility index (Phi) is 4.29. The molecule has 0 aliphatic heterocycles. The molecule has 1 heterocycles. The van der Waals surface area contributed by atoms with Crippen LogP contribution in [-0.4, -0.2) is 13.0 Å². The summed E-state index contributed by atoms with van der Waals surface area (Å²) in [7, 11) is 1.56. The highest BCUT2D eigenvalue weighted by Gasteiger charge is 2.15. The molecule has 1 aromatic heterocycles. The van der Waals surface area contributed by atoms with Crippen LogP contribution in [0.1, 0.15) is 33.1 Å². The number of amides is 1. The van der Waals surface area contributed by atoms with Gasteiger partial charge in [-0.25, -0.2) is 0 Å². The monoisotopic (exact) mass is 290 g/mol. The maximum Gasteiger partial charge on any atom is 0.254 e. The van der Waals surface area contributed by atoms with E-state index < -0.39 is 0 Å². The van der Waals surface area contributed by atoms with Crippen LogP contribution in [0.4, 0.5) is 5.69 Å². The number of benzene rings is 1. The molecule has 1 amide bonds. The number of nitrogens with one attached hydrogen (secondary N) is 1. The summed E-state index contributed by atoms with van der Waals surface area (Å²) in [5.74, 6) is 0.420. The minimum atomic E-state index is -0.194. The highest BCUT2D eigenvalue weighted by atomic mass is 32.1. The number of carbonyl (C=O) groups is 1. The Labute approximate surface area is 122 Å². The molecule has 0 aliphatic rings. The molecule has 3 N–H and O–H groups in total.